The molecule has 0 aliphatic rings. The van der Waals surface area contributed by atoms with E-state index in [9.17, 15) is 4.79 Å². The smallest absolute Gasteiger partial charge is 0.221 e. The van der Waals surface area contributed by atoms with Gasteiger partial charge in [-0.1, -0.05) is 36.2 Å². The molecule has 12 heavy (non-hydrogen) atoms. The summed E-state index contributed by atoms with van der Waals surface area (Å²) in [5.74, 6) is 0.159. The molecule has 1 unspecified atom stereocenters. The van der Waals surface area contributed by atoms with Crippen LogP contribution in [0.2, 0.25) is 0 Å². The third kappa shape index (κ3) is 5.58. The topological polar surface area (TPSA) is 29.1 Å². The van der Waals surface area contributed by atoms with Gasteiger partial charge in [-0.15, -0.1) is 0 Å². The van der Waals surface area contributed by atoms with Gasteiger partial charge >= 0.3 is 0 Å². The van der Waals surface area contributed by atoms with Crippen molar-refractivity contribution in [1.29, 1.82) is 0 Å². The monoisotopic (exact) mass is 235 g/mol. The first kappa shape index (κ1) is 11.9. The van der Waals surface area contributed by atoms with Crippen LogP contribution in [0, 0.1) is 0 Å². The number of rotatable bonds is 6. The molecule has 1 atom stereocenters. The Hall–Kier alpha value is -0.0500. The number of carbonyl (C=O) groups is 1. The molecule has 0 radical (unpaired) electrons. The summed E-state index contributed by atoms with van der Waals surface area (Å²) in [4.78, 5) is 11.1. The molecular formula is C9H18BrNO. The molecule has 0 bridgehead atoms. The van der Waals surface area contributed by atoms with Crippen LogP contribution < -0.4 is 5.32 Å². The van der Waals surface area contributed by atoms with Crippen LogP contribution in [-0.4, -0.2) is 17.3 Å². The highest BCUT2D eigenvalue weighted by Gasteiger charge is 2.07. The molecule has 72 valence electrons. The van der Waals surface area contributed by atoms with Gasteiger partial charge in [-0.05, 0) is 12.8 Å². The van der Waals surface area contributed by atoms with E-state index in [1.54, 1.807) is 0 Å². The van der Waals surface area contributed by atoms with Gasteiger partial charge in [-0.25, -0.2) is 0 Å². The number of hydrogen-bond donors (Lipinski definition) is 1. The Bertz CT molecular complexity index is 128. The van der Waals surface area contributed by atoms with Crippen LogP contribution in [0.4, 0.5) is 0 Å². The Morgan fingerprint density at radius 3 is 2.58 bits per heavy atom. The third-order valence-corrected chi connectivity index (χ3v) is 2.21. The van der Waals surface area contributed by atoms with Gasteiger partial charge in [0.1, 0.15) is 0 Å². The lowest BCUT2D eigenvalue weighted by molar-refractivity contribution is -0.121. The van der Waals surface area contributed by atoms with Crippen molar-refractivity contribution in [3.8, 4) is 0 Å². The third-order valence-electron chi connectivity index (χ3n) is 1.82. The van der Waals surface area contributed by atoms with Crippen molar-refractivity contribution in [2.24, 2.45) is 0 Å². The van der Waals surface area contributed by atoms with Crippen LogP contribution in [0.1, 0.15) is 39.5 Å². The van der Waals surface area contributed by atoms with E-state index in [1.807, 2.05) is 0 Å². The number of nitrogens with one attached hydrogen (secondary N) is 1. The van der Waals surface area contributed by atoms with Gasteiger partial charge in [0.25, 0.3) is 0 Å². The molecular weight excluding hydrogens is 218 g/mol. The lowest BCUT2D eigenvalue weighted by atomic mass is 10.1. The van der Waals surface area contributed by atoms with Crippen molar-refractivity contribution in [2.45, 2.75) is 45.6 Å². The predicted molar refractivity (Wildman–Crippen MR) is 55.5 cm³/mol. The zero-order chi connectivity index (χ0) is 9.40. The molecule has 0 saturated carbocycles. The highest BCUT2D eigenvalue weighted by Crippen LogP contribution is 2.01. The molecule has 2 nitrogen and oxygen atoms in total. The number of hydrogen-bond acceptors (Lipinski definition) is 1. The summed E-state index contributed by atoms with van der Waals surface area (Å²) in [6.45, 7) is 4.24. The molecule has 1 N–H and O–H groups in total. The molecule has 0 saturated heterocycles. The Kier molecular flexibility index (Phi) is 7.56. The highest BCUT2D eigenvalue weighted by molar-refractivity contribution is 9.09. The van der Waals surface area contributed by atoms with Crippen LogP contribution in [-0.2, 0) is 4.79 Å². The van der Waals surface area contributed by atoms with Gasteiger partial charge < -0.3 is 5.32 Å². The molecule has 0 fully saturated rings. The molecule has 0 aromatic carbocycles. The van der Waals surface area contributed by atoms with Gasteiger partial charge in [0.15, 0.2) is 0 Å². The molecule has 0 heterocycles. The van der Waals surface area contributed by atoms with Gasteiger partial charge in [0.2, 0.25) is 5.91 Å². The van der Waals surface area contributed by atoms with Crippen LogP contribution in [0.5, 0.6) is 0 Å². The highest BCUT2D eigenvalue weighted by atomic mass is 79.9. The van der Waals surface area contributed by atoms with Gasteiger partial charge in [-0.2, -0.15) is 0 Å². The second kappa shape index (κ2) is 7.59. The van der Waals surface area contributed by atoms with E-state index in [0.717, 1.165) is 24.6 Å². The first-order valence-electron chi connectivity index (χ1n) is 4.59. The van der Waals surface area contributed by atoms with Crippen molar-refractivity contribution in [3.63, 3.8) is 0 Å². The minimum Gasteiger partial charge on any atom is -0.353 e. The van der Waals surface area contributed by atoms with Crippen molar-refractivity contribution in [3.05, 3.63) is 0 Å². The summed E-state index contributed by atoms with van der Waals surface area (Å²) in [6.07, 6.45) is 3.83. The summed E-state index contributed by atoms with van der Waals surface area (Å²) in [7, 11) is 0. The number of amides is 1. The first-order chi connectivity index (χ1) is 5.74. The van der Waals surface area contributed by atoms with E-state index < -0.39 is 0 Å². The van der Waals surface area contributed by atoms with Crippen molar-refractivity contribution in [1.82, 2.24) is 5.32 Å². The van der Waals surface area contributed by atoms with Crippen LogP contribution in [0.15, 0.2) is 0 Å². The summed E-state index contributed by atoms with van der Waals surface area (Å²) >= 11 is 3.24. The second-order valence-corrected chi connectivity index (χ2v) is 3.69. The lowest BCUT2D eigenvalue weighted by Gasteiger charge is -2.15. The Morgan fingerprint density at radius 1 is 1.50 bits per heavy atom. The SMILES string of the molecule is CCCC(CC)NC(=O)CCBr. The van der Waals surface area contributed by atoms with Crippen molar-refractivity contribution in [2.75, 3.05) is 5.33 Å². The summed E-state index contributed by atoms with van der Waals surface area (Å²) in [5.41, 5.74) is 0. The molecule has 3 heteroatoms. The molecule has 0 aliphatic carbocycles. The minimum absolute atomic E-state index is 0.159. The van der Waals surface area contributed by atoms with Gasteiger partial charge in [0.05, 0.1) is 0 Å². The number of alkyl halides is 1. The van der Waals surface area contributed by atoms with Crippen LogP contribution in [0.3, 0.4) is 0 Å². The minimum atomic E-state index is 0.159. The fourth-order valence-corrected chi connectivity index (χ4v) is 1.47. The molecule has 0 aromatic heterocycles. The van der Waals surface area contributed by atoms with E-state index >= 15 is 0 Å². The Labute approximate surface area is 83.2 Å². The molecule has 0 spiro atoms. The predicted octanol–water partition coefficient (Wildman–Crippen LogP) is 2.47. The maximum atomic E-state index is 11.1. The average molecular weight is 236 g/mol. The Balaban J connectivity index is 3.61. The maximum absolute atomic E-state index is 11.1. The zero-order valence-electron chi connectivity index (χ0n) is 7.90. The zero-order valence-corrected chi connectivity index (χ0v) is 9.49. The standard InChI is InChI=1S/C9H18BrNO/c1-3-5-8(4-2)11-9(12)6-7-10/h8H,3-7H2,1-2H3,(H,11,12). The largest absolute Gasteiger partial charge is 0.353 e. The lowest BCUT2D eigenvalue weighted by Crippen LogP contribution is -2.34. The molecule has 0 rings (SSSR count). The first-order valence-corrected chi connectivity index (χ1v) is 5.72. The summed E-state index contributed by atoms with van der Waals surface area (Å²) < 4.78 is 0. The van der Waals surface area contributed by atoms with Crippen LogP contribution >= 0.6 is 15.9 Å². The van der Waals surface area contributed by atoms with Gasteiger partial charge in [-0.3, -0.25) is 4.79 Å². The molecule has 0 aliphatic heterocycles. The molecule has 1 amide bonds. The van der Waals surface area contributed by atoms with E-state index in [0.29, 0.717) is 12.5 Å². The Morgan fingerprint density at radius 2 is 2.17 bits per heavy atom. The fraction of sp³-hybridized carbons (Fsp3) is 0.889. The van der Waals surface area contributed by atoms with E-state index in [-0.39, 0.29) is 5.91 Å². The molecule has 0 aromatic rings. The summed E-state index contributed by atoms with van der Waals surface area (Å²) in [5, 5.41) is 3.75. The van der Waals surface area contributed by atoms with E-state index in [2.05, 4.69) is 35.1 Å². The van der Waals surface area contributed by atoms with Crippen LogP contribution in [0.25, 0.3) is 0 Å². The fourth-order valence-electron chi connectivity index (χ4n) is 1.11. The van der Waals surface area contributed by atoms with E-state index in [4.69, 9.17) is 0 Å². The normalized spacial score (nSPS) is 12.6. The maximum Gasteiger partial charge on any atom is 0.221 e. The second-order valence-electron chi connectivity index (χ2n) is 2.90. The van der Waals surface area contributed by atoms with E-state index in [1.165, 1.54) is 0 Å². The summed E-state index contributed by atoms with van der Waals surface area (Å²) in [6, 6.07) is 0.376. The van der Waals surface area contributed by atoms with Crippen molar-refractivity contribution >= 4 is 21.8 Å². The number of carbonyl (C=O) groups excluding carboxylic acids is 1. The van der Waals surface area contributed by atoms with Gasteiger partial charge in [0, 0.05) is 17.8 Å². The average Bonchev–Trinajstić information content (AvgIpc) is 2.04. The van der Waals surface area contributed by atoms with Crippen molar-refractivity contribution < 1.29 is 4.79 Å². The quantitative estimate of drug-likeness (QED) is 0.705. The number of halogens is 1.